The predicted molar refractivity (Wildman–Crippen MR) is 162 cm³/mol. The van der Waals surface area contributed by atoms with Crippen molar-refractivity contribution in [1.82, 2.24) is 0 Å². The van der Waals surface area contributed by atoms with Gasteiger partial charge in [-0.05, 0) is 83.1 Å². The smallest absolute Gasteiger partial charge is 0.344 e. The van der Waals surface area contributed by atoms with E-state index in [0.717, 1.165) is 22.3 Å². The van der Waals surface area contributed by atoms with Crippen molar-refractivity contribution < 1.29 is 39.1 Å². The highest BCUT2D eigenvalue weighted by Crippen LogP contribution is 2.23. The van der Waals surface area contributed by atoms with Crippen LogP contribution in [0.4, 0.5) is 0 Å². The second-order valence-corrected chi connectivity index (χ2v) is 10.0. The summed E-state index contributed by atoms with van der Waals surface area (Å²) in [5, 5.41) is 19.4. The van der Waals surface area contributed by atoms with Crippen LogP contribution in [0.2, 0.25) is 0 Å². The second-order valence-electron chi connectivity index (χ2n) is 10.0. The van der Waals surface area contributed by atoms with Gasteiger partial charge in [-0.1, -0.05) is 78.9 Å². The van der Waals surface area contributed by atoms with Gasteiger partial charge in [-0.15, -0.1) is 0 Å². The molecule has 0 aromatic heterocycles. The topological polar surface area (TPSA) is 119 Å². The molecule has 0 radical (unpaired) electrons. The molecular weight excluding hydrogens is 560 g/mol. The van der Waals surface area contributed by atoms with E-state index >= 15 is 0 Å². The number of carbonyl (C=O) groups excluding carboxylic acids is 1. The quantitative estimate of drug-likeness (QED) is 0.0692. The number of hydrogen-bond acceptors (Lipinski definition) is 6. The van der Waals surface area contributed by atoms with Gasteiger partial charge in [0.05, 0.1) is 16.7 Å². The van der Waals surface area contributed by atoms with Crippen LogP contribution in [0.3, 0.4) is 0 Å². The van der Waals surface area contributed by atoms with Crippen molar-refractivity contribution in [3.05, 3.63) is 166 Å². The Morgan fingerprint density at radius 2 is 1.05 bits per heavy atom. The highest BCUT2D eigenvalue weighted by Gasteiger charge is 2.19. The summed E-state index contributed by atoms with van der Waals surface area (Å²) in [4.78, 5) is 47.2. The molecule has 0 amide bonds. The molecule has 5 aromatic carbocycles. The Hall–Kier alpha value is -5.73. The van der Waals surface area contributed by atoms with Gasteiger partial charge in [0.15, 0.2) is 5.75 Å². The number of carbonyl (C=O) groups is 3. The Bertz CT molecular complexity index is 1760. The average molecular weight is 589 g/mol. The molecule has 0 heterocycles. The van der Waals surface area contributed by atoms with Gasteiger partial charge in [0, 0.05) is 0 Å². The number of rotatable bonds is 12. The first-order valence-corrected chi connectivity index (χ1v) is 13.8. The van der Waals surface area contributed by atoms with Crippen LogP contribution in [0.1, 0.15) is 58.9 Å². The Morgan fingerprint density at radius 1 is 0.523 bits per heavy atom. The van der Waals surface area contributed by atoms with Gasteiger partial charge in [0.2, 0.25) is 0 Å². The molecular formula is C36H28O8. The van der Waals surface area contributed by atoms with Crippen LogP contribution in [0.25, 0.3) is 0 Å². The summed E-state index contributed by atoms with van der Waals surface area (Å²) in [6, 6.07) is 35.1. The van der Waals surface area contributed by atoms with Gasteiger partial charge in [-0.25, -0.2) is 14.4 Å². The van der Waals surface area contributed by atoms with Crippen molar-refractivity contribution in [2.24, 2.45) is 0 Å². The van der Waals surface area contributed by atoms with Crippen LogP contribution in [0, 0.1) is 0 Å². The number of hydrogen-bond donors (Lipinski definition) is 2. The lowest BCUT2D eigenvalue weighted by atomic mass is 9.99. The van der Waals surface area contributed by atoms with Crippen molar-refractivity contribution in [2.45, 2.75) is 19.4 Å². The largest absolute Gasteiger partial charge is 0.478 e. The van der Waals surface area contributed by atoms with Crippen LogP contribution in [-0.2, 0) is 24.3 Å². The lowest BCUT2D eigenvalue weighted by molar-refractivity contribution is -0.217. The normalized spacial score (nSPS) is 10.6. The Balaban J connectivity index is 1.18. The molecule has 8 heteroatoms. The molecule has 44 heavy (non-hydrogen) atoms. The zero-order valence-electron chi connectivity index (χ0n) is 23.5. The van der Waals surface area contributed by atoms with Crippen LogP contribution in [0.5, 0.6) is 11.5 Å². The van der Waals surface area contributed by atoms with Crippen molar-refractivity contribution >= 4 is 17.9 Å². The van der Waals surface area contributed by atoms with Crippen molar-refractivity contribution in [1.29, 1.82) is 0 Å². The van der Waals surface area contributed by atoms with Gasteiger partial charge in [-0.3, -0.25) is 0 Å². The summed E-state index contributed by atoms with van der Waals surface area (Å²) in [7, 11) is 0. The first kappa shape index (κ1) is 29.8. The first-order valence-electron chi connectivity index (χ1n) is 13.8. The fourth-order valence-corrected chi connectivity index (χ4v) is 4.66. The summed E-state index contributed by atoms with van der Waals surface area (Å²) < 4.78 is 5.41. The SMILES string of the molecule is O=C(O)c1cc(Cc2ccccc2)ccc1COOc1ccc(OC(=O)c2ccc(Cc3ccccc3)cc2C(=O)O)cc1. The third-order valence-electron chi connectivity index (χ3n) is 6.84. The molecule has 0 fully saturated rings. The summed E-state index contributed by atoms with van der Waals surface area (Å²) >= 11 is 0. The maximum atomic E-state index is 12.8. The zero-order chi connectivity index (χ0) is 30.9. The molecule has 220 valence electrons. The maximum absolute atomic E-state index is 12.8. The van der Waals surface area contributed by atoms with Gasteiger partial charge < -0.3 is 19.8 Å². The lowest BCUT2D eigenvalue weighted by Gasteiger charge is -2.11. The monoisotopic (exact) mass is 588 g/mol. The lowest BCUT2D eigenvalue weighted by Crippen LogP contribution is -2.14. The molecule has 5 rings (SSSR count). The van der Waals surface area contributed by atoms with E-state index < -0.39 is 17.9 Å². The number of carboxylic acids is 2. The standard InChI is InChI=1S/C36H28O8/c37-34(38)32-21-26(19-24-7-3-1-4-8-24)11-13-28(32)23-42-44-30-16-14-29(15-17-30)43-36(41)31-18-12-27(22-33(31)35(39)40)20-25-9-5-2-6-10-25/h1-18,21-22H,19-20,23H2,(H,37,38)(H,39,40). The fraction of sp³-hybridized carbons (Fsp3) is 0.0833. The third kappa shape index (κ3) is 7.76. The van der Waals surface area contributed by atoms with Gasteiger partial charge in [-0.2, -0.15) is 4.89 Å². The zero-order valence-corrected chi connectivity index (χ0v) is 23.5. The third-order valence-corrected chi connectivity index (χ3v) is 6.84. The van der Waals surface area contributed by atoms with Gasteiger partial charge >= 0.3 is 17.9 Å². The van der Waals surface area contributed by atoms with E-state index in [-0.39, 0.29) is 29.0 Å². The summed E-state index contributed by atoms with van der Waals surface area (Å²) in [5.74, 6) is -2.64. The molecule has 0 aliphatic heterocycles. The van der Waals surface area contributed by atoms with Crippen molar-refractivity contribution in [3.8, 4) is 11.5 Å². The second kappa shape index (κ2) is 14.0. The van der Waals surface area contributed by atoms with E-state index in [1.54, 1.807) is 18.2 Å². The van der Waals surface area contributed by atoms with E-state index in [0.29, 0.717) is 24.2 Å². The van der Waals surface area contributed by atoms with Gasteiger partial charge in [0.25, 0.3) is 0 Å². The minimum atomic E-state index is -1.23. The molecule has 0 spiro atoms. The number of ether oxygens (including phenoxy) is 1. The average Bonchev–Trinajstić information content (AvgIpc) is 3.03. The predicted octanol–water partition coefficient (Wildman–Crippen LogP) is 6.99. The van der Waals surface area contributed by atoms with Crippen LogP contribution < -0.4 is 9.62 Å². The highest BCUT2D eigenvalue weighted by molar-refractivity contribution is 6.03. The maximum Gasteiger partial charge on any atom is 0.344 e. The number of esters is 1. The first-order chi connectivity index (χ1) is 21.4. The molecule has 0 unspecified atom stereocenters. The number of carboxylic acid groups (broad SMARTS) is 2. The summed E-state index contributed by atoms with van der Waals surface area (Å²) in [6.45, 7) is -0.109. The molecule has 2 N–H and O–H groups in total. The van der Waals surface area contributed by atoms with E-state index in [4.69, 9.17) is 14.5 Å². The van der Waals surface area contributed by atoms with Crippen LogP contribution in [-0.4, -0.2) is 28.1 Å². The molecule has 0 atom stereocenters. The molecule has 0 aliphatic rings. The van der Waals surface area contributed by atoms with E-state index in [9.17, 15) is 24.6 Å². The van der Waals surface area contributed by atoms with E-state index in [2.05, 4.69) is 0 Å². The minimum absolute atomic E-state index is 0.0676. The molecule has 5 aromatic rings. The molecule has 8 nitrogen and oxygen atoms in total. The summed E-state index contributed by atoms with van der Waals surface area (Å²) in [6.07, 6.45) is 1.13. The molecule has 0 saturated carbocycles. The highest BCUT2D eigenvalue weighted by atomic mass is 17.2. The minimum Gasteiger partial charge on any atom is -0.478 e. The molecule has 0 bridgehead atoms. The Kier molecular flexibility index (Phi) is 9.44. The fourth-order valence-electron chi connectivity index (χ4n) is 4.66. The van der Waals surface area contributed by atoms with Crippen molar-refractivity contribution in [3.63, 3.8) is 0 Å². The number of benzene rings is 5. The van der Waals surface area contributed by atoms with Crippen LogP contribution in [0.15, 0.2) is 121 Å². The number of aromatic carboxylic acids is 2. The van der Waals surface area contributed by atoms with Crippen LogP contribution >= 0.6 is 0 Å². The van der Waals surface area contributed by atoms with E-state index in [1.807, 2.05) is 66.7 Å². The van der Waals surface area contributed by atoms with Crippen molar-refractivity contribution in [2.75, 3.05) is 0 Å². The Labute approximate surface area is 253 Å². The van der Waals surface area contributed by atoms with E-state index in [1.165, 1.54) is 36.4 Å². The molecule has 0 saturated heterocycles. The summed E-state index contributed by atoms with van der Waals surface area (Å²) in [5.41, 5.74) is 4.07. The molecule has 0 aliphatic carbocycles. The van der Waals surface area contributed by atoms with Gasteiger partial charge in [0.1, 0.15) is 12.4 Å². The Morgan fingerprint density at radius 3 is 1.61 bits per heavy atom.